The third-order valence-electron chi connectivity index (χ3n) is 2.07. The first-order valence-electron chi connectivity index (χ1n) is 4.65. The minimum atomic E-state index is 0.339. The largest absolute Gasteiger partial charge is 0.458 e. The van der Waals surface area contributed by atoms with Gasteiger partial charge in [0.15, 0.2) is 12.0 Å². The van der Waals surface area contributed by atoms with E-state index in [0.717, 1.165) is 17.6 Å². The maximum absolute atomic E-state index is 10.5. The van der Waals surface area contributed by atoms with Crippen molar-refractivity contribution in [3.05, 3.63) is 23.2 Å². The fraction of sp³-hybridized carbons (Fsp3) is 0.545. The topological polar surface area (TPSA) is 30.2 Å². The molecule has 13 heavy (non-hydrogen) atoms. The summed E-state index contributed by atoms with van der Waals surface area (Å²) in [5, 5.41) is 0. The quantitative estimate of drug-likeness (QED) is 0.668. The smallest absolute Gasteiger partial charge is 0.185 e. The van der Waals surface area contributed by atoms with Crippen molar-refractivity contribution in [2.75, 3.05) is 0 Å². The van der Waals surface area contributed by atoms with Crippen LogP contribution in [-0.4, -0.2) is 6.29 Å². The van der Waals surface area contributed by atoms with Gasteiger partial charge >= 0.3 is 0 Å². The van der Waals surface area contributed by atoms with E-state index in [4.69, 9.17) is 4.42 Å². The van der Waals surface area contributed by atoms with E-state index in [1.54, 1.807) is 0 Å². The average molecular weight is 180 g/mol. The van der Waals surface area contributed by atoms with Gasteiger partial charge in [0, 0.05) is 5.92 Å². The molecule has 0 saturated carbocycles. The summed E-state index contributed by atoms with van der Waals surface area (Å²) >= 11 is 0. The van der Waals surface area contributed by atoms with Gasteiger partial charge < -0.3 is 4.42 Å². The van der Waals surface area contributed by atoms with E-state index >= 15 is 0 Å². The standard InChI is InChI=1S/C11H16O2/c1-7(2)10-5-9(6-12)13-11(10)8(3)4/h5-8H,1-4H3. The van der Waals surface area contributed by atoms with Crippen LogP contribution < -0.4 is 0 Å². The second-order valence-corrected chi connectivity index (χ2v) is 3.90. The summed E-state index contributed by atoms with van der Waals surface area (Å²) < 4.78 is 5.42. The summed E-state index contributed by atoms with van der Waals surface area (Å²) in [5.74, 6) is 2.13. The molecular formula is C11H16O2. The van der Waals surface area contributed by atoms with E-state index in [2.05, 4.69) is 27.7 Å². The molecule has 1 aromatic heterocycles. The Labute approximate surface area is 78.9 Å². The first-order chi connectivity index (χ1) is 6.06. The summed E-state index contributed by atoms with van der Waals surface area (Å²) in [4.78, 5) is 10.5. The van der Waals surface area contributed by atoms with Crippen molar-refractivity contribution in [2.24, 2.45) is 0 Å². The SMILES string of the molecule is CC(C)c1cc(C=O)oc1C(C)C. The summed E-state index contributed by atoms with van der Waals surface area (Å²) in [6, 6.07) is 1.84. The van der Waals surface area contributed by atoms with E-state index in [1.807, 2.05) is 6.07 Å². The highest BCUT2D eigenvalue weighted by molar-refractivity contribution is 5.71. The van der Waals surface area contributed by atoms with Crippen LogP contribution in [0.5, 0.6) is 0 Å². The number of furan rings is 1. The van der Waals surface area contributed by atoms with E-state index < -0.39 is 0 Å². The van der Waals surface area contributed by atoms with Gasteiger partial charge in [0.05, 0.1) is 0 Å². The molecule has 1 heterocycles. The molecule has 0 aliphatic heterocycles. The zero-order valence-corrected chi connectivity index (χ0v) is 8.63. The van der Waals surface area contributed by atoms with Gasteiger partial charge in [-0.2, -0.15) is 0 Å². The molecule has 0 atom stereocenters. The molecule has 2 heteroatoms. The number of carbonyl (C=O) groups excluding carboxylic acids is 1. The van der Waals surface area contributed by atoms with Crippen LogP contribution in [0, 0.1) is 0 Å². The van der Waals surface area contributed by atoms with Gasteiger partial charge in [-0.05, 0) is 17.5 Å². The van der Waals surface area contributed by atoms with Crippen LogP contribution in [-0.2, 0) is 0 Å². The van der Waals surface area contributed by atoms with Crippen molar-refractivity contribution >= 4 is 6.29 Å². The second kappa shape index (κ2) is 3.77. The van der Waals surface area contributed by atoms with Crippen molar-refractivity contribution in [3.63, 3.8) is 0 Å². The Morgan fingerprint density at radius 3 is 2.15 bits per heavy atom. The molecule has 0 N–H and O–H groups in total. The summed E-state index contributed by atoms with van der Waals surface area (Å²) in [6.45, 7) is 8.34. The van der Waals surface area contributed by atoms with Crippen molar-refractivity contribution in [2.45, 2.75) is 39.5 Å². The molecule has 0 amide bonds. The maximum atomic E-state index is 10.5. The van der Waals surface area contributed by atoms with E-state index in [9.17, 15) is 4.79 Å². The lowest BCUT2D eigenvalue weighted by Crippen LogP contribution is -1.93. The fourth-order valence-electron chi connectivity index (χ4n) is 1.40. The maximum Gasteiger partial charge on any atom is 0.185 e. The van der Waals surface area contributed by atoms with E-state index in [0.29, 0.717) is 17.6 Å². The predicted molar refractivity (Wildman–Crippen MR) is 52.3 cm³/mol. The highest BCUT2D eigenvalue weighted by Gasteiger charge is 2.15. The molecule has 0 spiro atoms. The molecule has 1 rings (SSSR count). The molecule has 1 aromatic rings. The van der Waals surface area contributed by atoms with Crippen LogP contribution in [0.15, 0.2) is 10.5 Å². The van der Waals surface area contributed by atoms with E-state index in [1.165, 1.54) is 0 Å². The molecule has 0 aliphatic carbocycles. The van der Waals surface area contributed by atoms with E-state index in [-0.39, 0.29) is 0 Å². The van der Waals surface area contributed by atoms with Crippen molar-refractivity contribution < 1.29 is 9.21 Å². The van der Waals surface area contributed by atoms with Crippen molar-refractivity contribution in [1.82, 2.24) is 0 Å². The van der Waals surface area contributed by atoms with Crippen LogP contribution in [0.2, 0.25) is 0 Å². The Balaban J connectivity index is 3.15. The minimum Gasteiger partial charge on any atom is -0.458 e. The molecule has 2 nitrogen and oxygen atoms in total. The van der Waals surface area contributed by atoms with Gasteiger partial charge in [-0.1, -0.05) is 27.7 Å². The predicted octanol–water partition coefficient (Wildman–Crippen LogP) is 3.34. The third-order valence-corrected chi connectivity index (χ3v) is 2.07. The molecule has 0 bridgehead atoms. The zero-order chi connectivity index (χ0) is 10.0. The molecule has 0 fully saturated rings. The number of aldehydes is 1. The molecule has 72 valence electrons. The Hall–Kier alpha value is -1.05. The van der Waals surface area contributed by atoms with Crippen LogP contribution >= 0.6 is 0 Å². The number of carbonyl (C=O) groups is 1. The zero-order valence-electron chi connectivity index (χ0n) is 8.63. The number of hydrogen-bond donors (Lipinski definition) is 0. The lowest BCUT2D eigenvalue weighted by atomic mass is 9.98. The minimum absolute atomic E-state index is 0.339. The molecule has 0 unspecified atom stereocenters. The summed E-state index contributed by atoms with van der Waals surface area (Å²) in [6.07, 6.45) is 0.762. The Morgan fingerprint density at radius 1 is 1.23 bits per heavy atom. The lowest BCUT2D eigenvalue weighted by molar-refractivity contribution is 0.109. The van der Waals surface area contributed by atoms with Gasteiger partial charge in [0.2, 0.25) is 0 Å². The lowest BCUT2D eigenvalue weighted by Gasteiger charge is -2.07. The molecule has 0 aliphatic rings. The second-order valence-electron chi connectivity index (χ2n) is 3.90. The molecule has 0 radical (unpaired) electrons. The monoisotopic (exact) mass is 180 g/mol. The molecule has 0 saturated heterocycles. The Morgan fingerprint density at radius 2 is 1.85 bits per heavy atom. The van der Waals surface area contributed by atoms with Crippen LogP contribution in [0.25, 0.3) is 0 Å². The normalized spacial score (nSPS) is 11.2. The number of rotatable bonds is 3. The Bertz CT molecular complexity index is 270. The summed E-state index contributed by atoms with van der Waals surface area (Å²) in [5.41, 5.74) is 1.15. The van der Waals surface area contributed by atoms with Gasteiger partial charge in [-0.15, -0.1) is 0 Å². The first kappa shape index (κ1) is 10.0. The van der Waals surface area contributed by atoms with Gasteiger partial charge in [-0.3, -0.25) is 4.79 Å². The fourth-order valence-corrected chi connectivity index (χ4v) is 1.40. The van der Waals surface area contributed by atoms with Gasteiger partial charge in [0.25, 0.3) is 0 Å². The molecular weight excluding hydrogens is 164 g/mol. The van der Waals surface area contributed by atoms with Crippen LogP contribution in [0.1, 0.15) is 61.4 Å². The van der Waals surface area contributed by atoms with Gasteiger partial charge in [0.1, 0.15) is 5.76 Å². The van der Waals surface area contributed by atoms with Gasteiger partial charge in [-0.25, -0.2) is 0 Å². The highest BCUT2D eigenvalue weighted by Crippen LogP contribution is 2.28. The first-order valence-corrected chi connectivity index (χ1v) is 4.65. The summed E-state index contributed by atoms with van der Waals surface area (Å²) in [7, 11) is 0. The molecule has 0 aromatic carbocycles. The number of hydrogen-bond acceptors (Lipinski definition) is 2. The van der Waals surface area contributed by atoms with Crippen LogP contribution in [0.3, 0.4) is 0 Å². The Kier molecular flexibility index (Phi) is 2.91. The van der Waals surface area contributed by atoms with Crippen molar-refractivity contribution in [3.8, 4) is 0 Å². The average Bonchev–Trinajstić information content (AvgIpc) is 2.47. The van der Waals surface area contributed by atoms with Crippen molar-refractivity contribution in [1.29, 1.82) is 0 Å². The highest BCUT2D eigenvalue weighted by atomic mass is 16.3. The van der Waals surface area contributed by atoms with Crippen LogP contribution in [0.4, 0.5) is 0 Å². The third kappa shape index (κ3) is 2.00.